The van der Waals surface area contributed by atoms with Crippen LogP contribution < -0.4 is 15.3 Å². The molecule has 152 valence electrons. The summed E-state index contributed by atoms with van der Waals surface area (Å²) in [6.07, 6.45) is 6.96. The third kappa shape index (κ3) is 5.39. The Morgan fingerprint density at radius 3 is 1.46 bits per heavy atom. The first kappa shape index (κ1) is 22.5. The first-order valence-corrected chi connectivity index (χ1v) is 9.72. The fourth-order valence-corrected chi connectivity index (χ4v) is 2.40. The third-order valence-corrected chi connectivity index (χ3v) is 5.00. The van der Waals surface area contributed by atoms with Crippen LogP contribution >= 0.6 is 15.9 Å². The van der Waals surface area contributed by atoms with Gasteiger partial charge < -0.3 is 19.1 Å². The zero-order chi connectivity index (χ0) is 21.1. The van der Waals surface area contributed by atoms with Crippen molar-refractivity contribution in [2.24, 2.45) is 0 Å². The molecule has 0 aromatic carbocycles. The fourth-order valence-electron chi connectivity index (χ4n) is 2.20. The molecule has 1 saturated heterocycles. The van der Waals surface area contributed by atoms with Gasteiger partial charge in [-0.3, -0.25) is 0 Å². The van der Waals surface area contributed by atoms with Crippen molar-refractivity contribution in [3.63, 3.8) is 0 Å². The van der Waals surface area contributed by atoms with E-state index in [9.17, 15) is 0 Å². The van der Waals surface area contributed by atoms with Gasteiger partial charge in [0, 0.05) is 58.4 Å². The van der Waals surface area contributed by atoms with Crippen LogP contribution in [0.4, 0.5) is 11.9 Å². The van der Waals surface area contributed by atoms with Crippen molar-refractivity contribution in [2.45, 2.75) is 38.9 Å². The van der Waals surface area contributed by atoms with Crippen LogP contribution in [0, 0.1) is 0 Å². The number of anilines is 2. The lowest BCUT2D eigenvalue weighted by Crippen LogP contribution is -2.41. The molecule has 8 nitrogen and oxygen atoms in total. The average molecular weight is 451 g/mol. The van der Waals surface area contributed by atoms with E-state index >= 15 is 0 Å². The average Bonchev–Trinajstić information content (AvgIpc) is 2.83. The zero-order valence-corrected chi connectivity index (χ0v) is 19.4. The summed E-state index contributed by atoms with van der Waals surface area (Å²) in [6.45, 7) is 8.12. The second-order valence-electron chi connectivity index (χ2n) is 7.89. The number of nitrogens with zero attached hydrogens (tertiary/aromatic N) is 6. The van der Waals surface area contributed by atoms with Crippen molar-refractivity contribution < 1.29 is 9.31 Å². The van der Waals surface area contributed by atoms with E-state index in [1.165, 1.54) is 0 Å². The lowest BCUT2D eigenvalue weighted by Gasteiger charge is -2.32. The molecule has 0 radical (unpaired) electrons. The zero-order valence-electron chi connectivity index (χ0n) is 17.8. The quantitative estimate of drug-likeness (QED) is 0.658. The van der Waals surface area contributed by atoms with Crippen molar-refractivity contribution in [3.05, 3.63) is 29.3 Å². The molecule has 0 saturated carbocycles. The van der Waals surface area contributed by atoms with E-state index in [0.717, 1.165) is 15.9 Å². The Hall–Kier alpha value is -1.78. The van der Waals surface area contributed by atoms with E-state index in [4.69, 9.17) is 9.31 Å². The molecule has 3 heterocycles. The van der Waals surface area contributed by atoms with Gasteiger partial charge in [0.2, 0.25) is 11.9 Å². The van der Waals surface area contributed by atoms with Crippen molar-refractivity contribution in [1.82, 2.24) is 19.9 Å². The molecule has 0 atom stereocenters. The molecule has 3 rings (SSSR count). The summed E-state index contributed by atoms with van der Waals surface area (Å²) in [6, 6.07) is 0. The molecule has 2 aromatic heterocycles. The van der Waals surface area contributed by atoms with Crippen LogP contribution in [-0.4, -0.2) is 66.4 Å². The van der Waals surface area contributed by atoms with Gasteiger partial charge in [0.15, 0.2) is 0 Å². The number of aromatic nitrogens is 4. The molecular formula is C18H28BBrN6O2. The Labute approximate surface area is 176 Å². The monoisotopic (exact) mass is 450 g/mol. The first-order chi connectivity index (χ1) is 12.9. The molecule has 1 fully saturated rings. The van der Waals surface area contributed by atoms with Crippen LogP contribution in [0.15, 0.2) is 29.3 Å². The van der Waals surface area contributed by atoms with Gasteiger partial charge in [0.05, 0.1) is 15.7 Å². The lowest BCUT2D eigenvalue weighted by molar-refractivity contribution is 0.00578. The largest absolute Gasteiger partial charge is 0.498 e. The third-order valence-electron chi connectivity index (χ3n) is 4.59. The van der Waals surface area contributed by atoms with E-state index in [-0.39, 0.29) is 11.2 Å². The number of hydrogen-bond acceptors (Lipinski definition) is 8. The van der Waals surface area contributed by atoms with Crippen molar-refractivity contribution in [3.8, 4) is 0 Å². The Morgan fingerprint density at radius 1 is 0.750 bits per heavy atom. The molecule has 0 aliphatic carbocycles. The summed E-state index contributed by atoms with van der Waals surface area (Å²) in [5.74, 6) is 1.40. The van der Waals surface area contributed by atoms with Crippen molar-refractivity contribution in [2.75, 3.05) is 38.0 Å². The summed E-state index contributed by atoms with van der Waals surface area (Å²) in [4.78, 5) is 20.3. The van der Waals surface area contributed by atoms with Gasteiger partial charge >= 0.3 is 7.12 Å². The van der Waals surface area contributed by atoms with E-state index in [2.05, 4.69) is 35.9 Å². The van der Waals surface area contributed by atoms with Gasteiger partial charge in [-0.15, -0.1) is 0 Å². The number of hydrogen-bond donors (Lipinski definition) is 0. The van der Waals surface area contributed by atoms with Gasteiger partial charge in [-0.2, -0.15) is 0 Å². The maximum atomic E-state index is 5.93. The summed E-state index contributed by atoms with van der Waals surface area (Å²) in [5.41, 5.74) is 0.176. The SMILES string of the molecule is CN(C)c1ncc(B2OC(C)(C)C(C)(C)O2)cn1.CN(C)c1ncc(Br)cn1. The van der Waals surface area contributed by atoms with Crippen LogP contribution in [0.2, 0.25) is 0 Å². The summed E-state index contributed by atoms with van der Waals surface area (Å²) >= 11 is 3.25. The topological polar surface area (TPSA) is 76.5 Å². The molecular weight excluding hydrogens is 423 g/mol. The normalized spacial score (nSPS) is 17.0. The Kier molecular flexibility index (Phi) is 7.00. The number of halogens is 1. The molecule has 0 bridgehead atoms. The van der Waals surface area contributed by atoms with Crippen LogP contribution in [0.25, 0.3) is 0 Å². The van der Waals surface area contributed by atoms with Crippen LogP contribution in [-0.2, 0) is 9.31 Å². The molecule has 1 aliphatic rings. The van der Waals surface area contributed by atoms with Gasteiger partial charge in [0.25, 0.3) is 0 Å². The van der Waals surface area contributed by atoms with Crippen LogP contribution in [0.5, 0.6) is 0 Å². The second-order valence-corrected chi connectivity index (χ2v) is 8.81. The van der Waals surface area contributed by atoms with Gasteiger partial charge in [-0.1, -0.05) is 0 Å². The Balaban J connectivity index is 0.000000237. The minimum atomic E-state index is -0.397. The molecule has 0 unspecified atom stereocenters. The highest BCUT2D eigenvalue weighted by Crippen LogP contribution is 2.36. The van der Waals surface area contributed by atoms with Crippen molar-refractivity contribution >= 4 is 40.4 Å². The lowest BCUT2D eigenvalue weighted by atomic mass is 9.81. The fraction of sp³-hybridized carbons (Fsp3) is 0.556. The predicted octanol–water partition coefficient (Wildman–Crippen LogP) is 2.15. The van der Waals surface area contributed by atoms with E-state index in [0.29, 0.717) is 5.95 Å². The standard InChI is InChI=1S/C12H20BN3O2.C6H8BrN3/c1-11(2)12(3,4)18-13(17-11)9-7-14-10(15-8-9)16(5)6;1-10(2)6-8-3-5(7)4-9-6/h7-8H,1-6H3;3-4H,1-2H3. The molecule has 10 heteroatoms. The molecule has 0 amide bonds. The summed E-state index contributed by atoms with van der Waals surface area (Å²) < 4.78 is 12.8. The molecule has 1 aliphatic heterocycles. The Bertz CT molecular complexity index is 753. The van der Waals surface area contributed by atoms with Gasteiger partial charge in [-0.05, 0) is 43.6 Å². The molecule has 0 spiro atoms. The second kappa shape index (κ2) is 8.71. The smallest absolute Gasteiger partial charge is 0.399 e. The van der Waals surface area contributed by atoms with Crippen molar-refractivity contribution in [1.29, 1.82) is 0 Å². The Morgan fingerprint density at radius 2 is 1.11 bits per heavy atom. The molecule has 28 heavy (non-hydrogen) atoms. The summed E-state index contributed by atoms with van der Waals surface area (Å²) in [5, 5.41) is 0. The predicted molar refractivity (Wildman–Crippen MR) is 116 cm³/mol. The summed E-state index contributed by atoms with van der Waals surface area (Å²) in [7, 11) is 7.23. The minimum Gasteiger partial charge on any atom is -0.399 e. The number of rotatable bonds is 3. The molecule has 2 aromatic rings. The van der Waals surface area contributed by atoms with Gasteiger partial charge in [0.1, 0.15) is 0 Å². The maximum Gasteiger partial charge on any atom is 0.498 e. The van der Waals surface area contributed by atoms with E-state index in [1.54, 1.807) is 24.8 Å². The highest BCUT2D eigenvalue weighted by Gasteiger charge is 2.51. The highest BCUT2D eigenvalue weighted by atomic mass is 79.9. The maximum absolute atomic E-state index is 5.93. The van der Waals surface area contributed by atoms with Gasteiger partial charge in [-0.25, -0.2) is 19.9 Å². The molecule has 0 N–H and O–H groups in total. The van der Waals surface area contributed by atoms with Crippen LogP contribution in [0.1, 0.15) is 27.7 Å². The minimum absolute atomic E-state index is 0.335. The van der Waals surface area contributed by atoms with E-state index < -0.39 is 7.12 Å². The van der Waals surface area contributed by atoms with E-state index in [1.807, 2.05) is 65.7 Å². The highest BCUT2D eigenvalue weighted by molar-refractivity contribution is 9.10. The first-order valence-electron chi connectivity index (χ1n) is 8.93. The van der Waals surface area contributed by atoms with Crippen LogP contribution in [0.3, 0.4) is 0 Å².